The van der Waals surface area contributed by atoms with Crippen molar-refractivity contribution in [3.63, 3.8) is 0 Å². The van der Waals surface area contributed by atoms with Gasteiger partial charge in [0.25, 0.3) is 0 Å². The Bertz CT molecular complexity index is 719. The van der Waals surface area contributed by atoms with Crippen LogP contribution in [0.25, 0.3) is 0 Å². The minimum absolute atomic E-state index is 0.163. The number of thiol groups is 1. The van der Waals surface area contributed by atoms with Gasteiger partial charge >= 0.3 is 6.09 Å². The summed E-state index contributed by atoms with van der Waals surface area (Å²) in [5.74, 6) is 0.0670. The van der Waals surface area contributed by atoms with Gasteiger partial charge in [-0.1, -0.05) is 48.5 Å². The number of hydrogen-bond acceptors (Lipinski definition) is 5. The maximum absolute atomic E-state index is 11.8. The molecule has 146 valence electrons. The molecule has 0 aliphatic heterocycles. The van der Waals surface area contributed by atoms with E-state index >= 15 is 0 Å². The van der Waals surface area contributed by atoms with Crippen molar-refractivity contribution in [1.82, 2.24) is 5.32 Å². The molecule has 27 heavy (non-hydrogen) atoms. The Kier molecular flexibility index (Phi) is 11.0. The van der Waals surface area contributed by atoms with Crippen molar-refractivity contribution in [2.75, 3.05) is 18.3 Å². The van der Waals surface area contributed by atoms with Crippen LogP contribution in [0, 0.1) is 0 Å². The molecule has 0 saturated heterocycles. The zero-order valence-corrected chi connectivity index (χ0v) is 17.2. The number of hydrogen-bond donors (Lipinski definition) is 1. The van der Waals surface area contributed by atoms with Crippen molar-refractivity contribution < 1.29 is 18.8 Å². The summed E-state index contributed by atoms with van der Waals surface area (Å²) in [6.07, 6.45) is 2.73. The summed E-state index contributed by atoms with van der Waals surface area (Å²) >= 11 is 1.48. The number of nitrogens with one attached hydrogen (secondary N) is 1. The Balaban J connectivity index is 0.000000828. The third-order valence-corrected chi connectivity index (χ3v) is 4.16. The molecule has 2 rings (SSSR count). The van der Waals surface area contributed by atoms with E-state index in [9.17, 15) is 14.1 Å². The standard InChI is InChI=1S/C18H19NO3S.C2H6OS/c1-14(20)17(13-23-16-10-6-3-7-11-16)19-18(21)22-12-15-8-4-2-5-9-15;1-4(2)3/h2-11,17,20H,1,12-13H2,(H,19,21);1-2H3/t17-;/m0./s1. The third-order valence-electron chi connectivity index (χ3n) is 3.05. The highest BCUT2D eigenvalue weighted by atomic mass is 32.2. The summed E-state index contributed by atoms with van der Waals surface area (Å²) in [7, 11) is -0.870. The Hall–Kier alpha value is -2.25. The molecule has 1 N–H and O–H groups in total. The van der Waals surface area contributed by atoms with Gasteiger partial charge < -0.3 is 15.2 Å². The molecule has 2 aromatic carbocycles. The van der Waals surface area contributed by atoms with Crippen LogP contribution in [-0.4, -0.2) is 30.4 Å². The van der Waals surface area contributed by atoms with Gasteiger partial charge in [-0.15, -0.1) is 28.3 Å². The van der Waals surface area contributed by atoms with Crippen LogP contribution >= 0.6 is 11.8 Å². The Morgan fingerprint density at radius 3 is 2.19 bits per heavy atom. The summed E-state index contributed by atoms with van der Waals surface area (Å²) in [6.45, 7) is 3.56. The van der Waals surface area contributed by atoms with E-state index in [1.807, 2.05) is 60.7 Å². The molecule has 1 atom stereocenters. The predicted molar refractivity (Wildman–Crippen MR) is 111 cm³/mol. The molecule has 0 spiro atoms. The van der Waals surface area contributed by atoms with Gasteiger partial charge in [-0.25, -0.2) is 4.79 Å². The monoisotopic (exact) mass is 407 g/mol. The number of benzene rings is 2. The van der Waals surface area contributed by atoms with Crippen LogP contribution in [0.4, 0.5) is 4.79 Å². The molecule has 0 fully saturated rings. The fraction of sp³-hybridized carbons (Fsp3) is 0.250. The molecular formula is C20H25NO4S2. The van der Waals surface area contributed by atoms with Crippen LogP contribution in [0.1, 0.15) is 5.56 Å². The van der Waals surface area contributed by atoms with Crippen LogP contribution in [0.5, 0.6) is 0 Å². The number of amides is 1. The summed E-state index contributed by atoms with van der Waals surface area (Å²) in [5, 5.41) is 14.1. The molecule has 0 aliphatic rings. The van der Waals surface area contributed by atoms with Crippen LogP contribution in [-0.2, 0) is 26.4 Å². The molecule has 0 aliphatic carbocycles. The van der Waals surface area contributed by atoms with Crippen molar-refractivity contribution in [1.29, 1.82) is 0 Å². The first-order valence-corrected chi connectivity index (χ1v) is 11.4. The number of alkyl carbamates (subject to hydrolysis) is 1. The number of rotatable bonds is 7. The molecule has 1 amide bonds. The number of ether oxygens (including phenoxy) is 1. The lowest BCUT2D eigenvalue weighted by Crippen LogP contribution is -2.41. The number of carbonyl (C=O) groups is 1. The van der Waals surface area contributed by atoms with Crippen molar-refractivity contribution in [3.05, 3.63) is 78.6 Å². The molecule has 0 unspecified atom stereocenters. The topological polar surface area (TPSA) is 78.5 Å². The minimum atomic E-state index is -0.870. The number of thioether (sulfide) groups is 1. The Labute approximate surface area is 167 Å². The molecule has 5 nitrogen and oxygen atoms in total. The fourth-order valence-electron chi connectivity index (χ4n) is 1.82. The average molecular weight is 408 g/mol. The average Bonchev–Trinajstić information content (AvgIpc) is 2.64. The van der Waals surface area contributed by atoms with Crippen molar-refractivity contribution >= 4 is 28.7 Å². The van der Waals surface area contributed by atoms with Gasteiger partial charge in [0.05, 0.1) is 29.4 Å². The van der Waals surface area contributed by atoms with Crippen molar-refractivity contribution in [2.24, 2.45) is 0 Å². The van der Waals surface area contributed by atoms with E-state index in [2.05, 4.69) is 11.9 Å². The lowest BCUT2D eigenvalue weighted by atomic mass is 10.2. The van der Waals surface area contributed by atoms with E-state index in [4.69, 9.17) is 4.74 Å². The highest BCUT2D eigenvalue weighted by Crippen LogP contribution is 2.19. The summed E-state index contributed by atoms with van der Waals surface area (Å²) in [4.78, 5) is 12.8. The van der Waals surface area contributed by atoms with Crippen LogP contribution in [0.2, 0.25) is 0 Å². The SMILES string of the molecule is C=C([O-])[C@H](CSc1ccccc1)NC(=O)OCc1ccccc1.C[SH+](C)=O. The lowest BCUT2D eigenvalue weighted by Gasteiger charge is -2.24. The summed E-state index contributed by atoms with van der Waals surface area (Å²) in [5.41, 5.74) is 0.888. The van der Waals surface area contributed by atoms with Crippen LogP contribution in [0.3, 0.4) is 0 Å². The second kappa shape index (κ2) is 13.0. The van der Waals surface area contributed by atoms with Gasteiger partial charge in [-0.2, -0.15) is 0 Å². The zero-order chi connectivity index (χ0) is 20.1. The van der Waals surface area contributed by atoms with E-state index in [1.54, 1.807) is 12.5 Å². The second-order valence-corrected chi connectivity index (χ2v) is 8.38. The lowest BCUT2D eigenvalue weighted by molar-refractivity contribution is -0.308. The van der Waals surface area contributed by atoms with E-state index in [0.29, 0.717) is 5.75 Å². The highest BCUT2D eigenvalue weighted by molar-refractivity contribution is 7.99. The van der Waals surface area contributed by atoms with Crippen molar-refractivity contribution in [2.45, 2.75) is 17.5 Å². The Morgan fingerprint density at radius 2 is 1.67 bits per heavy atom. The van der Waals surface area contributed by atoms with Gasteiger partial charge in [0.2, 0.25) is 0 Å². The molecule has 0 aromatic heterocycles. The zero-order valence-electron chi connectivity index (χ0n) is 15.5. The normalized spacial score (nSPS) is 11.1. The van der Waals surface area contributed by atoms with Gasteiger partial charge in [-0.3, -0.25) is 0 Å². The predicted octanol–water partition coefficient (Wildman–Crippen LogP) is 2.89. The maximum atomic E-state index is 11.8. The smallest absolute Gasteiger partial charge is 0.407 e. The molecule has 0 bridgehead atoms. The molecular weight excluding hydrogens is 382 g/mol. The first-order chi connectivity index (χ1) is 12.9. The Morgan fingerprint density at radius 1 is 1.15 bits per heavy atom. The van der Waals surface area contributed by atoms with Gasteiger partial charge in [-0.05, 0) is 17.7 Å². The first-order valence-electron chi connectivity index (χ1n) is 8.23. The molecule has 2 aromatic rings. The quantitative estimate of drug-likeness (QED) is 0.330. The highest BCUT2D eigenvalue weighted by Gasteiger charge is 2.12. The summed E-state index contributed by atoms with van der Waals surface area (Å²) < 4.78 is 14.7. The van der Waals surface area contributed by atoms with Gasteiger partial charge in [0.15, 0.2) is 0 Å². The van der Waals surface area contributed by atoms with E-state index in [-0.39, 0.29) is 12.4 Å². The molecule has 7 heteroatoms. The largest absolute Gasteiger partial charge is 0.874 e. The molecule has 0 heterocycles. The molecule has 0 saturated carbocycles. The minimum Gasteiger partial charge on any atom is -0.874 e. The van der Waals surface area contributed by atoms with E-state index < -0.39 is 22.9 Å². The van der Waals surface area contributed by atoms with Gasteiger partial charge in [0, 0.05) is 10.6 Å². The van der Waals surface area contributed by atoms with E-state index in [1.165, 1.54) is 11.8 Å². The number of carbonyl (C=O) groups excluding carboxylic acids is 1. The van der Waals surface area contributed by atoms with Gasteiger partial charge in [0.1, 0.15) is 6.61 Å². The van der Waals surface area contributed by atoms with E-state index in [0.717, 1.165) is 10.5 Å². The van der Waals surface area contributed by atoms with Crippen LogP contribution < -0.4 is 10.4 Å². The fourth-order valence-corrected chi connectivity index (χ4v) is 2.80. The first kappa shape index (κ1) is 22.8. The van der Waals surface area contributed by atoms with Crippen LogP contribution in [0.15, 0.2) is 77.9 Å². The second-order valence-electron chi connectivity index (χ2n) is 5.66. The molecule has 0 radical (unpaired) electrons. The van der Waals surface area contributed by atoms with Crippen molar-refractivity contribution in [3.8, 4) is 0 Å². The third kappa shape index (κ3) is 11.1. The maximum Gasteiger partial charge on any atom is 0.407 e. The summed E-state index contributed by atoms with van der Waals surface area (Å²) in [6, 6.07) is 18.3.